The van der Waals surface area contributed by atoms with E-state index in [1.54, 1.807) is 0 Å². The fourth-order valence-electron chi connectivity index (χ4n) is 0.238. The van der Waals surface area contributed by atoms with Crippen molar-refractivity contribution in [2.45, 2.75) is 25.6 Å². The van der Waals surface area contributed by atoms with Crippen LogP contribution in [0.3, 0.4) is 0 Å². The Labute approximate surface area is 45.1 Å². The van der Waals surface area contributed by atoms with Gasteiger partial charge in [0.2, 0.25) is 0 Å². The van der Waals surface area contributed by atoms with Crippen molar-refractivity contribution in [3.63, 3.8) is 0 Å². The molecule has 0 rings (SSSR count). The summed E-state index contributed by atoms with van der Waals surface area (Å²) >= 11 is 0. The van der Waals surface area contributed by atoms with E-state index in [0.29, 0.717) is 0 Å². The van der Waals surface area contributed by atoms with E-state index in [1.807, 2.05) is 0 Å². The first-order valence-electron chi connectivity index (χ1n) is 2.20. The Hall–Kier alpha value is -0.250. The molecule has 0 aliphatic carbocycles. The maximum Gasteiger partial charge on any atom is 0.411 e. The molecule has 0 fully saturated rings. The SMILES string of the molecule is CCC(F)C([O])(F)F. The number of hydrogen-bond donors (Lipinski definition) is 0. The molecule has 0 aromatic rings. The average Bonchev–Trinajstić information content (AvgIpc) is 1.62. The molecule has 1 atom stereocenters. The summed E-state index contributed by atoms with van der Waals surface area (Å²) in [5.41, 5.74) is 0. The van der Waals surface area contributed by atoms with Gasteiger partial charge in [-0.05, 0) is 6.42 Å². The lowest BCUT2D eigenvalue weighted by Crippen LogP contribution is -2.26. The third-order valence-electron chi connectivity index (χ3n) is 0.723. The molecule has 0 amide bonds. The first-order chi connectivity index (χ1) is 3.48. The van der Waals surface area contributed by atoms with Gasteiger partial charge in [-0.25, -0.2) is 4.39 Å². The number of alkyl halides is 3. The van der Waals surface area contributed by atoms with Crippen LogP contribution in [0.5, 0.6) is 0 Å². The second-order valence-electron chi connectivity index (χ2n) is 1.44. The van der Waals surface area contributed by atoms with Gasteiger partial charge in [-0.15, -0.1) is 0 Å². The Kier molecular flexibility index (Phi) is 2.27. The molecule has 49 valence electrons. The standard InChI is InChI=1S/C4H6F3O/c1-2-3(5)4(6,7)8/h3H,2H2,1H3. The van der Waals surface area contributed by atoms with E-state index in [4.69, 9.17) is 0 Å². The Balaban J connectivity index is 3.62. The maximum absolute atomic E-state index is 11.6. The van der Waals surface area contributed by atoms with Crippen LogP contribution in [0.2, 0.25) is 0 Å². The Bertz CT molecular complexity index is 68.2. The summed E-state index contributed by atoms with van der Waals surface area (Å²) in [5.74, 6) is 0. The number of rotatable bonds is 2. The first-order valence-corrected chi connectivity index (χ1v) is 2.20. The van der Waals surface area contributed by atoms with Gasteiger partial charge in [0.25, 0.3) is 0 Å². The fraction of sp³-hybridized carbons (Fsp3) is 1.00. The summed E-state index contributed by atoms with van der Waals surface area (Å²) in [5, 5.41) is 9.33. The van der Waals surface area contributed by atoms with Crippen molar-refractivity contribution in [1.29, 1.82) is 0 Å². The highest BCUT2D eigenvalue weighted by atomic mass is 19.3. The second-order valence-corrected chi connectivity index (χ2v) is 1.44. The van der Waals surface area contributed by atoms with E-state index in [9.17, 15) is 18.3 Å². The third kappa shape index (κ3) is 2.16. The molecule has 0 aromatic carbocycles. The molecule has 0 saturated carbocycles. The Morgan fingerprint density at radius 2 is 2.00 bits per heavy atom. The van der Waals surface area contributed by atoms with Crippen molar-refractivity contribution >= 4 is 0 Å². The summed E-state index contributed by atoms with van der Waals surface area (Å²) in [6.07, 6.45) is -7.38. The topological polar surface area (TPSA) is 19.9 Å². The zero-order chi connectivity index (χ0) is 6.78. The molecule has 1 radical (unpaired) electrons. The molecule has 1 nitrogen and oxygen atoms in total. The first kappa shape index (κ1) is 7.75. The summed E-state index contributed by atoms with van der Waals surface area (Å²) in [7, 11) is 0. The highest BCUT2D eigenvalue weighted by Crippen LogP contribution is 2.20. The van der Waals surface area contributed by atoms with Crippen LogP contribution in [0.4, 0.5) is 13.2 Å². The third-order valence-corrected chi connectivity index (χ3v) is 0.723. The van der Waals surface area contributed by atoms with Gasteiger partial charge in [0, 0.05) is 0 Å². The van der Waals surface area contributed by atoms with Crippen LogP contribution >= 0.6 is 0 Å². The fourth-order valence-corrected chi connectivity index (χ4v) is 0.238. The molecular formula is C4H6F3O. The van der Waals surface area contributed by atoms with Gasteiger partial charge in [0.15, 0.2) is 6.17 Å². The van der Waals surface area contributed by atoms with E-state index in [0.717, 1.165) is 0 Å². The monoisotopic (exact) mass is 127 g/mol. The second kappa shape index (κ2) is 2.35. The van der Waals surface area contributed by atoms with Crippen LogP contribution in [-0.4, -0.2) is 12.3 Å². The summed E-state index contributed by atoms with van der Waals surface area (Å²) in [4.78, 5) is 0. The highest BCUT2D eigenvalue weighted by Gasteiger charge is 2.37. The number of halogens is 3. The average molecular weight is 127 g/mol. The Morgan fingerprint density at radius 3 is 2.00 bits per heavy atom. The minimum Gasteiger partial charge on any atom is -0.238 e. The van der Waals surface area contributed by atoms with Crippen LogP contribution in [0, 0.1) is 0 Å². The van der Waals surface area contributed by atoms with Crippen molar-refractivity contribution in [2.75, 3.05) is 0 Å². The predicted molar refractivity (Wildman–Crippen MR) is 20.8 cm³/mol. The summed E-state index contributed by atoms with van der Waals surface area (Å²) in [6, 6.07) is 0. The minimum atomic E-state index is -4.41. The van der Waals surface area contributed by atoms with Gasteiger partial charge in [-0.1, -0.05) is 6.92 Å². The molecule has 8 heavy (non-hydrogen) atoms. The molecule has 0 spiro atoms. The van der Waals surface area contributed by atoms with Crippen LogP contribution in [-0.2, 0) is 5.11 Å². The molecule has 0 aromatic heterocycles. The molecule has 4 heteroatoms. The predicted octanol–water partition coefficient (Wildman–Crippen LogP) is 1.76. The highest BCUT2D eigenvalue weighted by molar-refractivity contribution is 4.60. The summed E-state index contributed by atoms with van der Waals surface area (Å²) < 4.78 is 33.9. The van der Waals surface area contributed by atoms with Gasteiger partial charge < -0.3 is 0 Å². The summed E-state index contributed by atoms with van der Waals surface area (Å²) in [6.45, 7) is 1.19. The van der Waals surface area contributed by atoms with Gasteiger partial charge >= 0.3 is 6.11 Å². The van der Waals surface area contributed by atoms with Gasteiger partial charge in [-0.3, -0.25) is 0 Å². The van der Waals surface area contributed by atoms with Gasteiger partial charge in [0.05, 0.1) is 0 Å². The Morgan fingerprint density at radius 1 is 1.62 bits per heavy atom. The van der Waals surface area contributed by atoms with E-state index in [1.165, 1.54) is 6.92 Å². The lowest BCUT2D eigenvalue weighted by molar-refractivity contribution is -0.278. The van der Waals surface area contributed by atoms with Crippen molar-refractivity contribution in [3.05, 3.63) is 0 Å². The van der Waals surface area contributed by atoms with E-state index in [-0.39, 0.29) is 0 Å². The van der Waals surface area contributed by atoms with E-state index in [2.05, 4.69) is 0 Å². The van der Waals surface area contributed by atoms with E-state index < -0.39 is 18.7 Å². The lowest BCUT2D eigenvalue weighted by atomic mass is 10.3. The number of hydrogen-bond acceptors (Lipinski definition) is 0. The zero-order valence-electron chi connectivity index (χ0n) is 4.33. The van der Waals surface area contributed by atoms with Crippen LogP contribution in [0.15, 0.2) is 0 Å². The van der Waals surface area contributed by atoms with E-state index >= 15 is 0 Å². The van der Waals surface area contributed by atoms with Crippen molar-refractivity contribution in [3.8, 4) is 0 Å². The van der Waals surface area contributed by atoms with Gasteiger partial charge in [0.1, 0.15) is 0 Å². The molecule has 0 saturated heterocycles. The quantitative estimate of drug-likeness (QED) is 0.538. The molecule has 0 aliphatic rings. The van der Waals surface area contributed by atoms with Crippen LogP contribution < -0.4 is 0 Å². The molecule has 0 N–H and O–H groups in total. The molecule has 1 unspecified atom stereocenters. The molecule has 0 aliphatic heterocycles. The van der Waals surface area contributed by atoms with Crippen molar-refractivity contribution in [2.24, 2.45) is 0 Å². The van der Waals surface area contributed by atoms with Crippen LogP contribution in [0.25, 0.3) is 0 Å². The minimum absolute atomic E-state index is 0.434. The van der Waals surface area contributed by atoms with Crippen LogP contribution in [0.1, 0.15) is 13.3 Å². The van der Waals surface area contributed by atoms with Crippen molar-refractivity contribution in [1.82, 2.24) is 0 Å². The normalized spacial score (nSPS) is 16.1. The van der Waals surface area contributed by atoms with Gasteiger partial charge in [-0.2, -0.15) is 13.9 Å². The largest absolute Gasteiger partial charge is 0.411 e. The lowest BCUT2D eigenvalue weighted by Gasteiger charge is -2.08. The molecular weight excluding hydrogens is 121 g/mol. The molecule has 0 bridgehead atoms. The maximum atomic E-state index is 11.6. The molecule has 0 heterocycles. The zero-order valence-corrected chi connectivity index (χ0v) is 4.33. The van der Waals surface area contributed by atoms with Crippen molar-refractivity contribution < 1.29 is 18.3 Å². The smallest absolute Gasteiger partial charge is 0.238 e.